The number of aromatic carboxylic acids is 1. The lowest BCUT2D eigenvalue weighted by atomic mass is 9.87. The molecule has 1 aliphatic carbocycles. The van der Waals surface area contributed by atoms with Crippen molar-refractivity contribution in [3.8, 4) is 0 Å². The SMILES string of the molecule is O=C(O)c1cccc2oc(C3CCC(F)(F)CC3)nc12. The first-order valence-corrected chi connectivity index (χ1v) is 6.47. The van der Waals surface area contributed by atoms with E-state index in [1.54, 1.807) is 12.1 Å². The van der Waals surface area contributed by atoms with Crippen LogP contribution in [0.5, 0.6) is 0 Å². The van der Waals surface area contributed by atoms with Gasteiger partial charge in [-0.3, -0.25) is 0 Å². The Labute approximate surface area is 113 Å². The van der Waals surface area contributed by atoms with E-state index in [9.17, 15) is 13.6 Å². The van der Waals surface area contributed by atoms with Crippen molar-refractivity contribution in [3.05, 3.63) is 29.7 Å². The van der Waals surface area contributed by atoms with Crippen LogP contribution >= 0.6 is 0 Å². The Morgan fingerprint density at radius 2 is 2.05 bits per heavy atom. The van der Waals surface area contributed by atoms with E-state index in [0.29, 0.717) is 24.3 Å². The standard InChI is InChI=1S/C14H13F2NO3/c15-14(16)6-4-8(5-7-14)12-17-11-9(13(18)19)2-1-3-10(11)20-12/h1-3,8H,4-7H2,(H,18,19). The Bertz CT molecular complexity index is 655. The Hall–Kier alpha value is -1.98. The second kappa shape index (κ2) is 4.54. The quantitative estimate of drug-likeness (QED) is 0.908. The van der Waals surface area contributed by atoms with Gasteiger partial charge in [-0.2, -0.15) is 0 Å². The second-order valence-electron chi connectivity index (χ2n) is 5.14. The molecule has 2 aromatic rings. The first-order chi connectivity index (χ1) is 9.46. The third-order valence-corrected chi connectivity index (χ3v) is 3.73. The van der Waals surface area contributed by atoms with Crippen LogP contribution in [0, 0.1) is 0 Å². The van der Waals surface area contributed by atoms with Crippen LogP contribution in [0.1, 0.15) is 47.8 Å². The van der Waals surface area contributed by atoms with Crippen LogP contribution in [0.25, 0.3) is 11.1 Å². The van der Waals surface area contributed by atoms with Crippen molar-refractivity contribution >= 4 is 17.1 Å². The molecule has 1 saturated carbocycles. The van der Waals surface area contributed by atoms with Gasteiger partial charge in [0.1, 0.15) is 5.52 Å². The van der Waals surface area contributed by atoms with E-state index in [0.717, 1.165) is 0 Å². The Kier molecular flexibility index (Phi) is 2.96. The fourth-order valence-electron chi connectivity index (χ4n) is 2.60. The molecule has 20 heavy (non-hydrogen) atoms. The Balaban J connectivity index is 1.94. The molecular formula is C14H13F2NO3. The summed E-state index contributed by atoms with van der Waals surface area (Å²) in [5.41, 5.74) is 0.739. The molecule has 1 fully saturated rings. The number of oxazole rings is 1. The number of rotatable bonds is 2. The van der Waals surface area contributed by atoms with E-state index < -0.39 is 11.9 Å². The lowest BCUT2D eigenvalue weighted by Gasteiger charge is -2.26. The number of hydrogen-bond donors (Lipinski definition) is 1. The molecule has 1 N–H and O–H groups in total. The summed E-state index contributed by atoms with van der Waals surface area (Å²) in [6.07, 6.45) is 0.259. The number of para-hydroxylation sites is 1. The van der Waals surface area contributed by atoms with Crippen LogP contribution < -0.4 is 0 Å². The molecule has 0 atom stereocenters. The maximum Gasteiger partial charge on any atom is 0.338 e. The summed E-state index contributed by atoms with van der Waals surface area (Å²) in [4.78, 5) is 15.3. The molecule has 0 saturated heterocycles. The van der Waals surface area contributed by atoms with Crippen molar-refractivity contribution in [3.63, 3.8) is 0 Å². The van der Waals surface area contributed by atoms with Crippen molar-refractivity contribution in [1.82, 2.24) is 4.98 Å². The number of carboxylic acid groups (broad SMARTS) is 1. The number of aromatic nitrogens is 1. The number of hydrogen-bond acceptors (Lipinski definition) is 3. The largest absolute Gasteiger partial charge is 0.478 e. The van der Waals surface area contributed by atoms with Crippen molar-refractivity contribution < 1.29 is 23.1 Å². The highest BCUT2D eigenvalue weighted by atomic mass is 19.3. The van der Waals surface area contributed by atoms with E-state index >= 15 is 0 Å². The topological polar surface area (TPSA) is 63.3 Å². The van der Waals surface area contributed by atoms with Gasteiger partial charge in [-0.25, -0.2) is 18.6 Å². The van der Waals surface area contributed by atoms with Gasteiger partial charge < -0.3 is 9.52 Å². The molecule has 1 aromatic heterocycles. The van der Waals surface area contributed by atoms with Gasteiger partial charge in [0, 0.05) is 18.8 Å². The minimum atomic E-state index is -2.60. The van der Waals surface area contributed by atoms with Gasteiger partial charge in [0.15, 0.2) is 11.5 Å². The number of fused-ring (bicyclic) bond motifs is 1. The minimum Gasteiger partial charge on any atom is -0.478 e. The van der Waals surface area contributed by atoms with E-state index in [1.807, 2.05) is 0 Å². The number of carboxylic acids is 1. The lowest BCUT2D eigenvalue weighted by Crippen LogP contribution is -2.23. The minimum absolute atomic E-state index is 0.0682. The van der Waals surface area contributed by atoms with Crippen LogP contribution in [0.2, 0.25) is 0 Å². The number of nitrogens with zero attached hydrogens (tertiary/aromatic N) is 1. The average molecular weight is 281 g/mol. The molecule has 0 unspecified atom stereocenters. The fourth-order valence-corrected chi connectivity index (χ4v) is 2.60. The average Bonchev–Trinajstić information content (AvgIpc) is 2.81. The van der Waals surface area contributed by atoms with Gasteiger partial charge in [0.05, 0.1) is 5.56 Å². The molecule has 0 bridgehead atoms. The van der Waals surface area contributed by atoms with Crippen LogP contribution in [-0.4, -0.2) is 22.0 Å². The van der Waals surface area contributed by atoms with Gasteiger partial charge >= 0.3 is 5.97 Å². The maximum atomic E-state index is 13.1. The summed E-state index contributed by atoms with van der Waals surface area (Å²) < 4.78 is 31.8. The summed E-state index contributed by atoms with van der Waals surface area (Å²) in [5, 5.41) is 9.09. The van der Waals surface area contributed by atoms with Crippen molar-refractivity contribution in [2.24, 2.45) is 0 Å². The fraction of sp³-hybridized carbons (Fsp3) is 0.429. The van der Waals surface area contributed by atoms with E-state index in [4.69, 9.17) is 9.52 Å². The van der Waals surface area contributed by atoms with Gasteiger partial charge in [-0.1, -0.05) is 6.07 Å². The summed E-state index contributed by atoms with van der Waals surface area (Å²) in [6.45, 7) is 0. The summed E-state index contributed by atoms with van der Waals surface area (Å²) >= 11 is 0. The van der Waals surface area contributed by atoms with Crippen LogP contribution in [0.4, 0.5) is 8.78 Å². The van der Waals surface area contributed by atoms with Crippen LogP contribution in [0.3, 0.4) is 0 Å². The highest BCUT2D eigenvalue weighted by Crippen LogP contribution is 2.41. The lowest BCUT2D eigenvalue weighted by molar-refractivity contribution is -0.0397. The number of halogens is 2. The first-order valence-electron chi connectivity index (χ1n) is 6.47. The van der Waals surface area contributed by atoms with Gasteiger partial charge in [0.25, 0.3) is 0 Å². The monoisotopic (exact) mass is 281 g/mol. The maximum absolute atomic E-state index is 13.1. The van der Waals surface area contributed by atoms with Crippen molar-refractivity contribution in [1.29, 1.82) is 0 Å². The van der Waals surface area contributed by atoms with Crippen molar-refractivity contribution in [2.45, 2.75) is 37.5 Å². The van der Waals surface area contributed by atoms with Crippen LogP contribution in [-0.2, 0) is 0 Å². The Morgan fingerprint density at radius 3 is 2.70 bits per heavy atom. The zero-order chi connectivity index (χ0) is 14.3. The summed E-state index contributed by atoms with van der Waals surface area (Å²) in [6, 6.07) is 4.66. The zero-order valence-electron chi connectivity index (χ0n) is 10.6. The third-order valence-electron chi connectivity index (χ3n) is 3.73. The normalized spacial score (nSPS) is 19.3. The zero-order valence-corrected chi connectivity index (χ0v) is 10.6. The highest BCUT2D eigenvalue weighted by molar-refractivity contribution is 6.00. The molecule has 0 aliphatic heterocycles. The molecule has 6 heteroatoms. The van der Waals surface area contributed by atoms with Crippen LogP contribution in [0.15, 0.2) is 22.6 Å². The molecule has 3 rings (SSSR count). The summed E-state index contributed by atoms with van der Waals surface area (Å²) in [5.74, 6) is -3.48. The van der Waals surface area contributed by atoms with E-state index in [-0.39, 0.29) is 29.8 Å². The molecule has 1 aromatic carbocycles. The van der Waals surface area contributed by atoms with Crippen molar-refractivity contribution in [2.75, 3.05) is 0 Å². The molecule has 0 amide bonds. The Morgan fingerprint density at radius 1 is 1.35 bits per heavy atom. The molecular weight excluding hydrogens is 268 g/mol. The summed E-state index contributed by atoms with van der Waals surface area (Å²) in [7, 11) is 0. The molecule has 1 heterocycles. The van der Waals surface area contributed by atoms with E-state index in [1.165, 1.54) is 6.07 Å². The van der Waals surface area contributed by atoms with Gasteiger partial charge in [-0.15, -0.1) is 0 Å². The molecule has 106 valence electrons. The smallest absolute Gasteiger partial charge is 0.338 e. The number of carbonyl (C=O) groups is 1. The van der Waals surface area contributed by atoms with Gasteiger partial charge in [0.2, 0.25) is 5.92 Å². The molecule has 4 nitrogen and oxygen atoms in total. The highest BCUT2D eigenvalue weighted by Gasteiger charge is 2.37. The predicted octanol–water partition coefficient (Wildman–Crippen LogP) is 3.82. The first kappa shape index (κ1) is 13.0. The second-order valence-corrected chi connectivity index (χ2v) is 5.14. The third kappa shape index (κ3) is 2.26. The van der Waals surface area contributed by atoms with Gasteiger partial charge in [-0.05, 0) is 25.0 Å². The molecule has 1 aliphatic rings. The molecule has 0 radical (unpaired) electrons. The predicted molar refractivity (Wildman–Crippen MR) is 67.1 cm³/mol. The number of benzene rings is 1. The number of alkyl halides is 2. The van der Waals surface area contributed by atoms with E-state index in [2.05, 4.69) is 4.98 Å². The molecule has 0 spiro atoms.